The minimum atomic E-state index is 0. The Hall–Kier alpha value is -7.26. The van der Waals surface area contributed by atoms with E-state index in [1.807, 2.05) is 85.2 Å². The molecule has 0 aliphatic rings. The molecule has 0 aliphatic carbocycles. The van der Waals surface area contributed by atoms with E-state index in [1.54, 1.807) is 24.9 Å². The van der Waals surface area contributed by atoms with Gasteiger partial charge < -0.3 is 34.0 Å². The quantitative estimate of drug-likeness (QED) is 0.167. The van der Waals surface area contributed by atoms with Gasteiger partial charge in [-0.3, -0.25) is 4.98 Å². The zero-order valence-corrected chi connectivity index (χ0v) is 50.5. The predicted octanol–water partition coefficient (Wildman–Crippen LogP) is 16.6. The van der Waals surface area contributed by atoms with E-state index in [0.29, 0.717) is 0 Å². The van der Waals surface area contributed by atoms with Crippen LogP contribution in [0.5, 0.6) is 0 Å². The second kappa shape index (κ2) is 28.9. The minimum absolute atomic E-state index is 0. The van der Waals surface area contributed by atoms with Crippen LogP contribution in [0.15, 0.2) is 210 Å². The van der Waals surface area contributed by atoms with Gasteiger partial charge in [0.25, 0.3) is 0 Å². The maximum absolute atomic E-state index is 7.00. The van der Waals surface area contributed by atoms with Gasteiger partial charge in [-0.05, 0) is 91.4 Å². The van der Waals surface area contributed by atoms with Gasteiger partial charge in [0, 0.05) is 95.6 Å². The predicted molar refractivity (Wildman–Crippen MR) is 313 cm³/mol. The van der Waals surface area contributed by atoms with Crippen LogP contribution in [0, 0.1) is 32.0 Å². The summed E-state index contributed by atoms with van der Waals surface area (Å²) in [5.41, 5.74) is 15.2. The summed E-state index contributed by atoms with van der Waals surface area (Å²) in [6.07, 6.45) is 10.7. The molecule has 0 saturated carbocycles. The molecule has 0 bridgehead atoms. The number of pyridine rings is 4. The third-order valence-corrected chi connectivity index (χ3v) is 12.5. The number of hydrogen-bond donors (Lipinski definition) is 2. The van der Waals surface area contributed by atoms with E-state index >= 15 is 0 Å². The van der Waals surface area contributed by atoms with Gasteiger partial charge in [-0.1, -0.05) is 128 Å². The van der Waals surface area contributed by atoms with Crippen molar-refractivity contribution in [3.05, 3.63) is 242 Å². The first kappa shape index (κ1) is 61.6. The van der Waals surface area contributed by atoms with Crippen molar-refractivity contribution in [1.29, 1.82) is 0 Å². The topological polar surface area (TPSA) is 118 Å². The van der Waals surface area contributed by atoms with Gasteiger partial charge in [-0.15, -0.1) is 106 Å². The first-order valence-electron chi connectivity index (χ1n) is 25.1. The zero-order chi connectivity index (χ0) is 54.2. The van der Waals surface area contributed by atoms with Crippen LogP contribution in [0.2, 0.25) is 0 Å². The molecule has 8 nitrogen and oxygen atoms in total. The van der Waals surface area contributed by atoms with Crippen LogP contribution in [-0.2, 0) is 51.0 Å². The Morgan fingerprint density at radius 2 is 0.744 bits per heavy atom. The zero-order valence-electron chi connectivity index (χ0n) is 45.7. The Morgan fingerprint density at radius 1 is 0.372 bits per heavy atom. The Morgan fingerprint density at radius 3 is 1.15 bits per heavy atom. The molecule has 0 saturated heterocycles. The summed E-state index contributed by atoms with van der Waals surface area (Å²) in [5, 5.41) is 20.9. The SMILES string of the molecule is CC(C)(C)c1c[c-]c(-c2nccc3occc23)cc1.CC(C)(C)c1ccc(-c2nccc3occc23)cc1.CO.CO.Cc1c[c-]c(-c2nccc3ccccc23)cc1.Cc1c[c-]c(-c2nccc3ccccc23)cc1.[Ir].[Ir]. The van der Waals surface area contributed by atoms with Crippen LogP contribution >= 0.6 is 0 Å². The molecule has 2 N–H and O–H groups in total. The number of fused-ring (bicyclic) bond motifs is 4. The van der Waals surface area contributed by atoms with Crippen LogP contribution in [0.1, 0.15) is 63.8 Å². The number of aromatic nitrogens is 4. The van der Waals surface area contributed by atoms with Gasteiger partial charge >= 0.3 is 0 Å². The average molecular weight is 1390 g/mol. The van der Waals surface area contributed by atoms with Crippen molar-refractivity contribution in [1.82, 2.24) is 19.9 Å². The normalized spacial score (nSPS) is 10.6. The molecule has 0 atom stereocenters. The molecule has 6 aromatic heterocycles. The number of aliphatic hydroxyl groups is 2. The van der Waals surface area contributed by atoms with Crippen LogP contribution in [0.3, 0.4) is 0 Å². The van der Waals surface area contributed by atoms with Gasteiger partial charge in [0.05, 0.1) is 18.2 Å². The molecule has 12 rings (SSSR count). The Kier molecular flexibility index (Phi) is 22.8. The van der Waals surface area contributed by atoms with Crippen molar-refractivity contribution in [2.24, 2.45) is 0 Å². The molecule has 2 radical (unpaired) electrons. The minimum Gasteiger partial charge on any atom is -0.465 e. The number of furan rings is 2. The molecule has 6 heterocycles. The van der Waals surface area contributed by atoms with Gasteiger partial charge in [-0.2, -0.15) is 0 Å². The van der Waals surface area contributed by atoms with E-state index in [4.69, 9.17) is 19.0 Å². The largest absolute Gasteiger partial charge is 0.465 e. The molecule has 78 heavy (non-hydrogen) atoms. The molecule has 0 fully saturated rings. The number of hydrogen-bond acceptors (Lipinski definition) is 8. The second-order valence-corrected chi connectivity index (χ2v) is 19.9. The van der Waals surface area contributed by atoms with E-state index in [0.717, 1.165) is 81.2 Å². The van der Waals surface area contributed by atoms with Gasteiger partial charge in [0.2, 0.25) is 0 Å². The van der Waals surface area contributed by atoms with E-state index in [9.17, 15) is 0 Å². The molecular weight excluding hydrogens is 1320 g/mol. The molecule has 0 amide bonds. The number of benzene rings is 6. The third kappa shape index (κ3) is 15.5. The molecule has 0 spiro atoms. The van der Waals surface area contributed by atoms with Crippen molar-refractivity contribution in [3.8, 4) is 45.0 Å². The number of aryl methyl sites for hydroxylation is 2. The smallest absolute Gasteiger partial charge is 0.137 e. The maximum atomic E-state index is 7.00. The number of aliphatic hydroxyl groups excluding tert-OH is 2. The molecule has 10 heteroatoms. The third-order valence-electron chi connectivity index (χ3n) is 12.5. The van der Waals surface area contributed by atoms with Crippen molar-refractivity contribution >= 4 is 43.5 Å². The standard InChI is InChI=1S/C17H17NO.C17H16NO.2C16H12N.2CH4O.2Ir/c2*1-17(2,3)13-6-4-12(5-7-13)16-14-9-11-19-15(14)8-10-18-16;2*1-12-6-8-14(9-7-12)16-15-5-3-2-4-13(15)10-11-17-16;2*1-2;;/h4-11H,1-3H3;4,6-11H,1-3H3;2*2-8,10-11H,1H3;2*2H,1H3;;/q;3*-1;;;;. The van der Waals surface area contributed by atoms with E-state index in [1.165, 1.54) is 43.8 Å². The second-order valence-electron chi connectivity index (χ2n) is 19.9. The van der Waals surface area contributed by atoms with Gasteiger partial charge in [0.1, 0.15) is 11.2 Å². The van der Waals surface area contributed by atoms with E-state index in [-0.39, 0.29) is 51.0 Å². The van der Waals surface area contributed by atoms with Gasteiger partial charge in [0.15, 0.2) is 0 Å². The molecule has 6 aromatic carbocycles. The fraction of sp³-hybridized carbons (Fsp3) is 0.176. The molecule has 12 aromatic rings. The first-order valence-corrected chi connectivity index (χ1v) is 25.1. The summed E-state index contributed by atoms with van der Waals surface area (Å²) in [7, 11) is 2.00. The molecule has 402 valence electrons. The summed E-state index contributed by atoms with van der Waals surface area (Å²) in [6.45, 7) is 17.4. The average Bonchev–Trinajstić information content (AvgIpc) is 4.18. The van der Waals surface area contributed by atoms with Crippen molar-refractivity contribution in [2.75, 3.05) is 14.2 Å². The van der Waals surface area contributed by atoms with Crippen LogP contribution in [-0.4, -0.2) is 44.4 Å². The number of rotatable bonds is 4. The van der Waals surface area contributed by atoms with Crippen molar-refractivity contribution in [2.45, 2.75) is 66.2 Å². The Bertz CT molecular complexity index is 3470. The summed E-state index contributed by atoms with van der Waals surface area (Å²) in [4.78, 5) is 17.9. The summed E-state index contributed by atoms with van der Waals surface area (Å²) < 4.78 is 10.8. The summed E-state index contributed by atoms with van der Waals surface area (Å²) in [6, 6.07) is 65.5. The Balaban J connectivity index is 0.000000186. The molecule has 0 aliphatic heterocycles. The number of nitrogens with zero attached hydrogens (tertiary/aromatic N) is 4. The van der Waals surface area contributed by atoms with Crippen LogP contribution < -0.4 is 0 Å². The summed E-state index contributed by atoms with van der Waals surface area (Å²) >= 11 is 0. The van der Waals surface area contributed by atoms with Crippen molar-refractivity contribution in [3.63, 3.8) is 0 Å². The maximum Gasteiger partial charge on any atom is 0.137 e. The van der Waals surface area contributed by atoms with E-state index < -0.39 is 0 Å². The molecule has 0 unspecified atom stereocenters. The summed E-state index contributed by atoms with van der Waals surface area (Å²) in [5.74, 6) is 0. The van der Waals surface area contributed by atoms with Crippen LogP contribution in [0.4, 0.5) is 0 Å². The van der Waals surface area contributed by atoms with Crippen LogP contribution in [0.25, 0.3) is 88.5 Å². The fourth-order valence-electron chi connectivity index (χ4n) is 8.37. The van der Waals surface area contributed by atoms with Crippen molar-refractivity contribution < 1.29 is 59.3 Å². The monoisotopic (exact) mass is 1390 g/mol. The molecular formula is C68H65Ir2N4O4-3. The van der Waals surface area contributed by atoms with E-state index in [2.05, 4.69) is 185 Å². The Labute approximate surface area is 486 Å². The fourth-order valence-corrected chi connectivity index (χ4v) is 8.37. The van der Waals surface area contributed by atoms with Gasteiger partial charge in [-0.25, -0.2) is 0 Å². The first-order chi connectivity index (χ1) is 36.8.